The minimum absolute atomic E-state index is 0.0195. The van der Waals surface area contributed by atoms with Gasteiger partial charge in [0, 0.05) is 25.6 Å². The summed E-state index contributed by atoms with van der Waals surface area (Å²) >= 11 is 0. The van der Waals surface area contributed by atoms with Gasteiger partial charge in [0.2, 0.25) is 15.9 Å². The number of piperidine rings is 1. The average Bonchev–Trinajstić information content (AvgIpc) is 2.73. The second-order valence-electron chi connectivity index (χ2n) is 6.83. The average molecular weight is 422 g/mol. The van der Waals surface area contributed by atoms with Crippen LogP contribution in [0, 0.1) is 11.7 Å². The van der Waals surface area contributed by atoms with E-state index in [0.717, 1.165) is 11.6 Å². The molecule has 0 aliphatic carbocycles. The summed E-state index contributed by atoms with van der Waals surface area (Å²) in [5.41, 5.74) is 0.771. The van der Waals surface area contributed by atoms with Crippen molar-refractivity contribution >= 4 is 15.9 Å². The minimum Gasteiger partial charge on any atom is -0.504 e. The van der Waals surface area contributed by atoms with Crippen LogP contribution in [0.4, 0.5) is 4.39 Å². The lowest BCUT2D eigenvalue weighted by molar-refractivity contribution is -0.126. The Labute approximate surface area is 169 Å². The molecule has 1 fully saturated rings. The topological polar surface area (TPSA) is 95.9 Å². The number of hydrogen-bond donors (Lipinski definition) is 2. The number of nitrogens with zero attached hydrogens (tertiary/aromatic N) is 1. The van der Waals surface area contributed by atoms with Crippen LogP contribution >= 0.6 is 0 Å². The van der Waals surface area contributed by atoms with E-state index < -0.39 is 15.8 Å². The van der Waals surface area contributed by atoms with Crippen molar-refractivity contribution in [2.45, 2.75) is 24.3 Å². The van der Waals surface area contributed by atoms with Crippen LogP contribution in [0.3, 0.4) is 0 Å². The molecule has 0 spiro atoms. The Kier molecular flexibility index (Phi) is 6.39. The van der Waals surface area contributed by atoms with Crippen LogP contribution in [0.15, 0.2) is 47.4 Å². The number of sulfonamides is 1. The van der Waals surface area contributed by atoms with Gasteiger partial charge >= 0.3 is 0 Å². The van der Waals surface area contributed by atoms with E-state index in [9.17, 15) is 22.7 Å². The van der Waals surface area contributed by atoms with Crippen molar-refractivity contribution in [2.75, 3.05) is 20.2 Å². The highest BCUT2D eigenvalue weighted by Crippen LogP contribution is 2.27. The third kappa shape index (κ3) is 4.68. The van der Waals surface area contributed by atoms with Crippen LogP contribution in [0.25, 0.3) is 0 Å². The quantitative estimate of drug-likeness (QED) is 0.745. The maximum atomic E-state index is 13.9. The van der Waals surface area contributed by atoms with Gasteiger partial charge in [-0.3, -0.25) is 4.79 Å². The highest BCUT2D eigenvalue weighted by atomic mass is 32.2. The number of benzene rings is 2. The number of phenolic OH excluding ortho intramolecular Hbond substituents is 1. The molecule has 0 radical (unpaired) electrons. The molecule has 1 saturated heterocycles. The Morgan fingerprint density at radius 3 is 2.59 bits per heavy atom. The van der Waals surface area contributed by atoms with Gasteiger partial charge in [-0.15, -0.1) is 0 Å². The summed E-state index contributed by atoms with van der Waals surface area (Å²) < 4.78 is 45.4. The van der Waals surface area contributed by atoms with E-state index in [2.05, 4.69) is 5.32 Å². The Hall–Kier alpha value is -2.65. The summed E-state index contributed by atoms with van der Waals surface area (Å²) in [4.78, 5) is 12.1. The highest BCUT2D eigenvalue weighted by molar-refractivity contribution is 7.89. The van der Waals surface area contributed by atoms with Crippen molar-refractivity contribution < 1.29 is 27.4 Å². The van der Waals surface area contributed by atoms with Gasteiger partial charge < -0.3 is 15.2 Å². The molecule has 156 valence electrons. The predicted molar refractivity (Wildman–Crippen MR) is 104 cm³/mol. The molecule has 7 nitrogen and oxygen atoms in total. The number of nitrogens with one attached hydrogen (secondary N) is 1. The molecule has 0 unspecified atom stereocenters. The van der Waals surface area contributed by atoms with Crippen molar-refractivity contribution in [3.05, 3.63) is 53.8 Å². The number of methoxy groups -OCH3 is 1. The Bertz CT molecular complexity index is 988. The molecule has 0 aromatic heterocycles. The van der Waals surface area contributed by atoms with E-state index in [1.165, 1.54) is 35.7 Å². The molecule has 1 amide bonds. The fourth-order valence-electron chi connectivity index (χ4n) is 3.32. The summed E-state index contributed by atoms with van der Waals surface area (Å²) in [6.07, 6.45) is 0.719. The van der Waals surface area contributed by atoms with E-state index in [1.807, 2.05) is 0 Å². The normalized spacial score (nSPS) is 15.8. The molecule has 0 saturated carbocycles. The lowest BCUT2D eigenvalue weighted by atomic mass is 9.97. The molecule has 0 bridgehead atoms. The van der Waals surface area contributed by atoms with Gasteiger partial charge in [-0.1, -0.05) is 18.2 Å². The third-order valence-electron chi connectivity index (χ3n) is 4.99. The largest absolute Gasteiger partial charge is 0.504 e. The molecule has 29 heavy (non-hydrogen) atoms. The second kappa shape index (κ2) is 8.79. The van der Waals surface area contributed by atoms with Crippen molar-refractivity contribution in [2.24, 2.45) is 5.92 Å². The van der Waals surface area contributed by atoms with Crippen LogP contribution in [0.5, 0.6) is 11.5 Å². The van der Waals surface area contributed by atoms with Gasteiger partial charge in [-0.2, -0.15) is 4.31 Å². The fourth-order valence-corrected chi connectivity index (χ4v) is 4.85. The number of carbonyl (C=O) groups is 1. The second-order valence-corrected chi connectivity index (χ2v) is 8.74. The number of rotatable bonds is 6. The molecule has 2 N–H and O–H groups in total. The molecular formula is C20H23FN2O5S. The summed E-state index contributed by atoms with van der Waals surface area (Å²) in [7, 11) is -2.47. The zero-order chi connectivity index (χ0) is 21.0. The number of carbonyl (C=O) groups excluding carboxylic acids is 1. The molecule has 2 aromatic carbocycles. The van der Waals surface area contributed by atoms with Crippen LogP contribution in [-0.2, 0) is 21.4 Å². The van der Waals surface area contributed by atoms with Crippen LogP contribution in [-0.4, -0.2) is 43.9 Å². The summed E-state index contributed by atoms with van der Waals surface area (Å²) in [6.45, 7) is 0.576. The number of ether oxygens (including phenoxy) is 1. The smallest absolute Gasteiger partial charge is 0.245 e. The molecule has 0 atom stereocenters. The number of halogens is 1. The number of amides is 1. The zero-order valence-corrected chi connectivity index (χ0v) is 16.8. The number of phenols is 1. The van der Waals surface area contributed by atoms with Crippen LogP contribution < -0.4 is 10.1 Å². The Morgan fingerprint density at radius 1 is 1.24 bits per heavy atom. The van der Waals surface area contributed by atoms with Gasteiger partial charge in [-0.05, 0) is 42.7 Å². The third-order valence-corrected chi connectivity index (χ3v) is 6.92. The van der Waals surface area contributed by atoms with E-state index in [1.54, 1.807) is 12.1 Å². The zero-order valence-electron chi connectivity index (χ0n) is 16.0. The predicted octanol–water partition coefficient (Wildman–Crippen LogP) is 2.26. The fraction of sp³-hybridized carbons (Fsp3) is 0.350. The van der Waals surface area contributed by atoms with Gasteiger partial charge in [0.15, 0.2) is 11.5 Å². The molecule has 1 aliphatic rings. The minimum atomic E-state index is -3.92. The van der Waals surface area contributed by atoms with Crippen molar-refractivity contribution in [3.63, 3.8) is 0 Å². The summed E-state index contributed by atoms with van der Waals surface area (Å²) in [5.74, 6) is -0.924. The molecule has 9 heteroatoms. The van der Waals surface area contributed by atoms with Crippen molar-refractivity contribution in [3.8, 4) is 11.5 Å². The van der Waals surface area contributed by atoms with Crippen molar-refractivity contribution in [1.29, 1.82) is 0 Å². The lowest BCUT2D eigenvalue weighted by Gasteiger charge is -2.30. The maximum Gasteiger partial charge on any atom is 0.245 e. The molecule has 1 aliphatic heterocycles. The van der Waals surface area contributed by atoms with E-state index in [4.69, 9.17) is 4.74 Å². The first kappa shape index (κ1) is 21.1. The van der Waals surface area contributed by atoms with Gasteiger partial charge in [0.05, 0.1) is 7.11 Å². The SMILES string of the molecule is COc1cc(CNC(=O)C2CCN(S(=O)(=O)c3ccccc3F)CC2)ccc1O. The van der Waals surface area contributed by atoms with E-state index >= 15 is 0 Å². The first-order valence-electron chi connectivity index (χ1n) is 9.21. The summed E-state index contributed by atoms with van der Waals surface area (Å²) in [6, 6.07) is 10.1. The van der Waals surface area contributed by atoms with Crippen molar-refractivity contribution in [1.82, 2.24) is 9.62 Å². The van der Waals surface area contributed by atoms with Crippen LogP contribution in [0.2, 0.25) is 0 Å². The van der Waals surface area contributed by atoms with Crippen LogP contribution in [0.1, 0.15) is 18.4 Å². The highest BCUT2D eigenvalue weighted by Gasteiger charge is 2.33. The molecule has 3 rings (SSSR count). The number of hydrogen-bond acceptors (Lipinski definition) is 5. The molecule has 1 heterocycles. The standard InChI is InChI=1S/C20H23FN2O5S/c1-28-18-12-14(6-7-17(18)24)13-22-20(25)15-8-10-23(11-9-15)29(26,27)19-5-3-2-4-16(19)21/h2-7,12,15,24H,8-11,13H2,1H3,(H,22,25). The molecule has 2 aromatic rings. The van der Waals surface area contributed by atoms with E-state index in [0.29, 0.717) is 18.6 Å². The number of aromatic hydroxyl groups is 1. The lowest BCUT2D eigenvalue weighted by Crippen LogP contribution is -2.43. The maximum absolute atomic E-state index is 13.9. The first-order valence-corrected chi connectivity index (χ1v) is 10.6. The summed E-state index contributed by atoms with van der Waals surface area (Å²) in [5, 5.41) is 12.4. The van der Waals surface area contributed by atoms with Gasteiger partial charge in [0.25, 0.3) is 0 Å². The van der Waals surface area contributed by atoms with Gasteiger partial charge in [-0.25, -0.2) is 12.8 Å². The Balaban J connectivity index is 1.56. The molecular weight excluding hydrogens is 399 g/mol. The van der Waals surface area contributed by atoms with E-state index in [-0.39, 0.29) is 42.1 Å². The Morgan fingerprint density at radius 2 is 1.93 bits per heavy atom. The van der Waals surface area contributed by atoms with Gasteiger partial charge in [0.1, 0.15) is 10.7 Å². The monoisotopic (exact) mass is 422 g/mol. The first-order chi connectivity index (χ1) is 13.8.